The molecule has 4 heteroatoms. The van der Waals surface area contributed by atoms with Crippen LogP contribution in [0.1, 0.15) is 22.3 Å². The fraction of sp³-hybridized carbons (Fsp3) is 0.235. The van der Waals surface area contributed by atoms with Crippen LogP contribution < -0.4 is 10.5 Å². The van der Waals surface area contributed by atoms with Gasteiger partial charge in [0.2, 0.25) is 0 Å². The second kappa shape index (κ2) is 6.68. The minimum atomic E-state index is 0.0282. The molecule has 3 nitrogen and oxygen atoms in total. The van der Waals surface area contributed by atoms with Crippen molar-refractivity contribution >= 4 is 17.6 Å². The van der Waals surface area contributed by atoms with Crippen molar-refractivity contribution in [1.82, 2.24) is 0 Å². The molecule has 110 valence electrons. The fourth-order valence-corrected chi connectivity index (χ4v) is 3.12. The van der Waals surface area contributed by atoms with E-state index < -0.39 is 0 Å². The Morgan fingerprint density at radius 3 is 2.57 bits per heavy atom. The second-order valence-electron chi connectivity index (χ2n) is 5.01. The number of hydrogen-bond donors (Lipinski definition) is 2. The molecule has 0 spiro atoms. The number of amidine groups is 1. The quantitative estimate of drug-likeness (QED) is 0.500. The lowest BCUT2D eigenvalue weighted by atomic mass is 10.1. The summed E-state index contributed by atoms with van der Waals surface area (Å²) in [7, 11) is 1.60. The Hall–Kier alpha value is -1.94. The van der Waals surface area contributed by atoms with E-state index in [2.05, 4.69) is 32.0 Å². The van der Waals surface area contributed by atoms with Gasteiger partial charge in [0.25, 0.3) is 0 Å². The molecule has 0 saturated carbocycles. The van der Waals surface area contributed by atoms with Crippen LogP contribution in [0.5, 0.6) is 5.75 Å². The van der Waals surface area contributed by atoms with Gasteiger partial charge in [-0.1, -0.05) is 23.8 Å². The molecule has 0 bridgehead atoms. The minimum absolute atomic E-state index is 0.0282. The van der Waals surface area contributed by atoms with E-state index in [1.807, 2.05) is 18.2 Å². The van der Waals surface area contributed by atoms with Crippen LogP contribution in [0.25, 0.3) is 0 Å². The van der Waals surface area contributed by atoms with Crippen LogP contribution in [0.15, 0.2) is 41.3 Å². The topological polar surface area (TPSA) is 59.1 Å². The Morgan fingerprint density at radius 2 is 1.95 bits per heavy atom. The Kier molecular flexibility index (Phi) is 4.91. The standard InChI is InChI=1S/C17H20N2OS/c1-11-4-7-16(12(2)8-11)21-10-13-5-6-14(17(18)19)15(9-13)20-3/h4-9H,10H2,1-3H3,(H3,18,19). The average Bonchev–Trinajstić information content (AvgIpc) is 2.45. The molecule has 0 radical (unpaired) electrons. The van der Waals surface area contributed by atoms with E-state index in [9.17, 15) is 0 Å². The molecule has 21 heavy (non-hydrogen) atoms. The van der Waals surface area contributed by atoms with Crippen LogP contribution in [0.3, 0.4) is 0 Å². The maximum Gasteiger partial charge on any atom is 0.130 e. The smallest absolute Gasteiger partial charge is 0.130 e. The lowest BCUT2D eigenvalue weighted by molar-refractivity contribution is 0.413. The highest BCUT2D eigenvalue weighted by molar-refractivity contribution is 7.98. The van der Waals surface area contributed by atoms with E-state index in [1.165, 1.54) is 16.0 Å². The molecule has 0 saturated heterocycles. The predicted molar refractivity (Wildman–Crippen MR) is 89.5 cm³/mol. The molecule has 0 atom stereocenters. The Labute approximate surface area is 130 Å². The number of nitrogens with two attached hydrogens (primary N) is 1. The lowest BCUT2D eigenvalue weighted by Gasteiger charge is -2.10. The first-order valence-electron chi connectivity index (χ1n) is 6.72. The molecule has 0 aromatic heterocycles. The fourth-order valence-electron chi connectivity index (χ4n) is 2.17. The number of rotatable bonds is 5. The van der Waals surface area contributed by atoms with Crippen LogP contribution in [0.2, 0.25) is 0 Å². The summed E-state index contributed by atoms with van der Waals surface area (Å²) in [5.41, 5.74) is 9.91. The summed E-state index contributed by atoms with van der Waals surface area (Å²) in [6.45, 7) is 4.24. The molecule has 0 aliphatic carbocycles. The number of ether oxygens (including phenoxy) is 1. The zero-order valence-electron chi connectivity index (χ0n) is 12.6. The van der Waals surface area contributed by atoms with E-state index in [4.69, 9.17) is 15.9 Å². The third kappa shape index (κ3) is 3.79. The van der Waals surface area contributed by atoms with Crippen molar-refractivity contribution in [2.45, 2.75) is 24.5 Å². The first-order valence-corrected chi connectivity index (χ1v) is 7.71. The molecule has 0 unspecified atom stereocenters. The van der Waals surface area contributed by atoms with Gasteiger partial charge in [0, 0.05) is 10.6 Å². The average molecular weight is 300 g/mol. The van der Waals surface area contributed by atoms with Gasteiger partial charge < -0.3 is 10.5 Å². The SMILES string of the molecule is COc1cc(CSc2ccc(C)cc2C)ccc1C(=N)N. The van der Waals surface area contributed by atoms with Crippen molar-refractivity contribution in [1.29, 1.82) is 5.41 Å². The molecular weight excluding hydrogens is 280 g/mol. The van der Waals surface area contributed by atoms with Crippen molar-refractivity contribution < 1.29 is 4.74 Å². The summed E-state index contributed by atoms with van der Waals surface area (Å²) in [6.07, 6.45) is 0. The zero-order chi connectivity index (χ0) is 15.4. The molecular formula is C17H20N2OS. The van der Waals surface area contributed by atoms with Gasteiger partial charge in [-0.05, 0) is 43.2 Å². The van der Waals surface area contributed by atoms with Crippen LogP contribution in [-0.2, 0) is 5.75 Å². The van der Waals surface area contributed by atoms with E-state index in [-0.39, 0.29) is 5.84 Å². The maximum atomic E-state index is 7.53. The lowest BCUT2D eigenvalue weighted by Crippen LogP contribution is -2.12. The van der Waals surface area contributed by atoms with Gasteiger partial charge in [-0.3, -0.25) is 5.41 Å². The van der Waals surface area contributed by atoms with Gasteiger partial charge >= 0.3 is 0 Å². The Bertz CT molecular complexity index is 668. The van der Waals surface area contributed by atoms with Crippen LogP contribution >= 0.6 is 11.8 Å². The number of nitrogen functional groups attached to an aromatic ring is 1. The first kappa shape index (κ1) is 15.4. The number of methoxy groups -OCH3 is 1. The summed E-state index contributed by atoms with van der Waals surface area (Å²) in [5.74, 6) is 1.54. The zero-order valence-corrected chi connectivity index (χ0v) is 13.4. The minimum Gasteiger partial charge on any atom is -0.496 e. The number of nitrogens with one attached hydrogen (secondary N) is 1. The van der Waals surface area contributed by atoms with Gasteiger partial charge in [0.1, 0.15) is 11.6 Å². The highest BCUT2D eigenvalue weighted by atomic mass is 32.2. The summed E-state index contributed by atoms with van der Waals surface area (Å²) in [4.78, 5) is 1.29. The number of aryl methyl sites for hydroxylation is 2. The van der Waals surface area contributed by atoms with E-state index in [1.54, 1.807) is 18.9 Å². The van der Waals surface area contributed by atoms with Crippen molar-refractivity contribution in [2.75, 3.05) is 7.11 Å². The molecule has 0 aliphatic heterocycles. The van der Waals surface area contributed by atoms with Crippen LogP contribution in [0, 0.1) is 19.3 Å². The van der Waals surface area contributed by atoms with Crippen molar-refractivity contribution in [2.24, 2.45) is 5.73 Å². The van der Waals surface area contributed by atoms with Crippen molar-refractivity contribution in [3.63, 3.8) is 0 Å². The van der Waals surface area contributed by atoms with E-state index in [0.717, 1.165) is 11.3 Å². The van der Waals surface area contributed by atoms with Gasteiger partial charge in [-0.15, -0.1) is 11.8 Å². The van der Waals surface area contributed by atoms with Gasteiger partial charge in [-0.25, -0.2) is 0 Å². The molecule has 0 aliphatic rings. The maximum absolute atomic E-state index is 7.53. The van der Waals surface area contributed by atoms with Gasteiger partial charge in [0.15, 0.2) is 0 Å². The molecule has 2 aromatic carbocycles. The van der Waals surface area contributed by atoms with Gasteiger partial charge in [0.05, 0.1) is 12.7 Å². The normalized spacial score (nSPS) is 10.4. The monoisotopic (exact) mass is 300 g/mol. The molecule has 0 heterocycles. The molecule has 2 rings (SSSR count). The molecule has 0 amide bonds. The second-order valence-corrected chi connectivity index (χ2v) is 6.02. The summed E-state index contributed by atoms with van der Waals surface area (Å²) in [5, 5.41) is 7.53. The summed E-state index contributed by atoms with van der Waals surface area (Å²) >= 11 is 1.80. The predicted octanol–water partition coefficient (Wildman–Crippen LogP) is 3.89. The Balaban J connectivity index is 2.15. The summed E-state index contributed by atoms with van der Waals surface area (Å²) < 4.78 is 5.31. The third-order valence-corrected chi connectivity index (χ3v) is 4.53. The van der Waals surface area contributed by atoms with E-state index in [0.29, 0.717) is 11.3 Å². The van der Waals surface area contributed by atoms with Crippen LogP contribution in [-0.4, -0.2) is 12.9 Å². The molecule has 0 fully saturated rings. The van der Waals surface area contributed by atoms with E-state index >= 15 is 0 Å². The Morgan fingerprint density at radius 1 is 1.19 bits per heavy atom. The third-order valence-electron chi connectivity index (χ3n) is 3.28. The molecule has 3 N–H and O–H groups in total. The summed E-state index contributed by atoms with van der Waals surface area (Å²) in [6, 6.07) is 12.3. The number of benzene rings is 2. The van der Waals surface area contributed by atoms with Crippen LogP contribution in [0.4, 0.5) is 0 Å². The number of thioether (sulfide) groups is 1. The molecule has 2 aromatic rings. The van der Waals surface area contributed by atoms with Crippen molar-refractivity contribution in [3.8, 4) is 5.75 Å². The largest absolute Gasteiger partial charge is 0.496 e. The van der Waals surface area contributed by atoms with Gasteiger partial charge in [-0.2, -0.15) is 0 Å². The highest BCUT2D eigenvalue weighted by Gasteiger charge is 2.08. The first-order chi connectivity index (χ1) is 10.0. The number of hydrogen-bond acceptors (Lipinski definition) is 3. The van der Waals surface area contributed by atoms with Crippen molar-refractivity contribution in [3.05, 3.63) is 58.7 Å². The highest BCUT2D eigenvalue weighted by Crippen LogP contribution is 2.29.